The molecule has 0 unspecified atom stereocenters. The number of likely N-dealkylation sites (tertiary alicyclic amines) is 1. The minimum atomic E-state index is -0.906. The van der Waals surface area contributed by atoms with Crippen molar-refractivity contribution in [2.24, 2.45) is 16.4 Å². The molecular weight excluding hydrogens is 444 g/mol. The second-order valence-electron chi connectivity index (χ2n) is 9.47. The first kappa shape index (κ1) is 24.4. The van der Waals surface area contributed by atoms with Gasteiger partial charge in [0.05, 0.1) is 5.71 Å². The fourth-order valence-electron chi connectivity index (χ4n) is 4.64. The molecule has 184 valence electrons. The number of fused-ring (bicyclic) bond motifs is 1. The Morgan fingerprint density at radius 2 is 1.74 bits per heavy atom. The van der Waals surface area contributed by atoms with Crippen LogP contribution in [-0.4, -0.2) is 66.1 Å². The number of benzene rings is 2. The molecule has 0 aromatic heterocycles. The van der Waals surface area contributed by atoms with Gasteiger partial charge in [0.25, 0.3) is 5.91 Å². The number of hydrazone groups is 1. The number of nitrogens with zero attached hydrogens (tertiary/aromatic N) is 3. The molecule has 0 saturated carbocycles. The van der Waals surface area contributed by atoms with Crippen LogP contribution in [0.4, 0.5) is 0 Å². The average Bonchev–Trinajstić information content (AvgIpc) is 3.11. The number of nitrogens with one attached hydrogen (secondary N) is 1. The molecule has 2 aliphatic heterocycles. The minimum absolute atomic E-state index is 0.00170. The van der Waals surface area contributed by atoms with Gasteiger partial charge in [-0.2, -0.15) is 5.10 Å². The maximum atomic E-state index is 13.7. The lowest BCUT2D eigenvalue weighted by Crippen LogP contribution is -2.60. The van der Waals surface area contributed by atoms with Gasteiger partial charge in [0.1, 0.15) is 23.8 Å². The lowest BCUT2D eigenvalue weighted by Gasteiger charge is -2.40. The first-order chi connectivity index (χ1) is 16.8. The van der Waals surface area contributed by atoms with Gasteiger partial charge in [0, 0.05) is 32.5 Å². The van der Waals surface area contributed by atoms with Crippen molar-refractivity contribution in [1.29, 1.82) is 0 Å². The highest BCUT2D eigenvalue weighted by Gasteiger charge is 2.53. The third kappa shape index (κ3) is 5.21. The van der Waals surface area contributed by atoms with E-state index >= 15 is 0 Å². The number of amides is 3. The molecule has 8 nitrogen and oxygen atoms in total. The molecule has 2 aromatic rings. The fraction of sp³-hybridized carbons (Fsp3) is 0.407. The van der Waals surface area contributed by atoms with Crippen LogP contribution in [0.2, 0.25) is 0 Å². The van der Waals surface area contributed by atoms with Crippen LogP contribution in [-0.2, 0) is 20.8 Å². The number of hydrogen-bond acceptors (Lipinski definition) is 5. The summed E-state index contributed by atoms with van der Waals surface area (Å²) >= 11 is 0. The molecule has 1 fully saturated rings. The van der Waals surface area contributed by atoms with E-state index in [0.717, 1.165) is 11.3 Å². The summed E-state index contributed by atoms with van der Waals surface area (Å²) in [6, 6.07) is 18.1. The highest BCUT2D eigenvalue weighted by Crippen LogP contribution is 2.38. The van der Waals surface area contributed by atoms with E-state index in [1.54, 1.807) is 37.9 Å². The Bertz CT molecular complexity index is 1100. The zero-order valence-electron chi connectivity index (χ0n) is 20.4. The van der Waals surface area contributed by atoms with E-state index in [-0.39, 0.29) is 36.8 Å². The van der Waals surface area contributed by atoms with Crippen molar-refractivity contribution in [3.8, 4) is 5.75 Å². The highest BCUT2D eigenvalue weighted by atomic mass is 16.5. The summed E-state index contributed by atoms with van der Waals surface area (Å²) in [5.41, 5.74) is 0.910. The summed E-state index contributed by atoms with van der Waals surface area (Å²) in [6.07, 6.45) is 0.961. The van der Waals surface area contributed by atoms with Gasteiger partial charge in [-0.05, 0) is 24.1 Å². The lowest BCUT2D eigenvalue weighted by atomic mass is 9.73. The first-order valence-corrected chi connectivity index (χ1v) is 12.0. The summed E-state index contributed by atoms with van der Waals surface area (Å²) < 4.78 is 5.85. The highest BCUT2D eigenvalue weighted by molar-refractivity contribution is 6.13. The Morgan fingerprint density at radius 1 is 1.09 bits per heavy atom. The van der Waals surface area contributed by atoms with Crippen molar-refractivity contribution >= 4 is 23.4 Å². The maximum Gasteiger partial charge on any atom is 0.256 e. The van der Waals surface area contributed by atoms with Crippen LogP contribution in [0.15, 0.2) is 65.8 Å². The molecule has 1 N–H and O–H groups in total. The van der Waals surface area contributed by atoms with Gasteiger partial charge in [-0.25, -0.2) is 5.01 Å². The number of ether oxygens (including phenoxy) is 1. The third-order valence-electron chi connectivity index (χ3n) is 6.56. The molecule has 2 aliphatic rings. The Morgan fingerprint density at radius 3 is 2.40 bits per heavy atom. The largest absolute Gasteiger partial charge is 0.491 e. The predicted molar refractivity (Wildman–Crippen MR) is 133 cm³/mol. The summed E-state index contributed by atoms with van der Waals surface area (Å²) in [7, 11) is 1.66. The summed E-state index contributed by atoms with van der Waals surface area (Å²) in [5.74, 6) is -0.266. The summed E-state index contributed by atoms with van der Waals surface area (Å²) in [4.78, 5) is 41.3. The monoisotopic (exact) mass is 476 g/mol. The van der Waals surface area contributed by atoms with Gasteiger partial charge in [0.15, 0.2) is 0 Å². The number of carbonyl (C=O) groups excluding carboxylic acids is 3. The molecule has 35 heavy (non-hydrogen) atoms. The van der Waals surface area contributed by atoms with Gasteiger partial charge >= 0.3 is 0 Å². The molecular formula is C27H32N4O4. The van der Waals surface area contributed by atoms with Crippen molar-refractivity contribution in [3.05, 3.63) is 66.2 Å². The van der Waals surface area contributed by atoms with Crippen molar-refractivity contribution in [1.82, 2.24) is 15.2 Å². The Labute approximate surface area is 205 Å². The number of rotatable bonds is 8. The maximum absolute atomic E-state index is 13.7. The summed E-state index contributed by atoms with van der Waals surface area (Å²) in [5, 5.41) is 8.75. The van der Waals surface area contributed by atoms with Crippen LogP contribution in [0.5, 0.6) is 5.75 Å². The van der Waals surface area contributed by atoms with Crippen molar-refractivity contribution in [2.45, 2.75) is 32.7 Å². The van der Waals surface area contributed by atoms with Crippen molar-refractivity contribution < 1.29 is 19.1 Å². The Balaban J connectivity index is 1.57. The van der Waals surface area contributed by atoms with E-state index in [1.807, 2.05) is 48.5 Å². The predicted octanol–water partition coefficient (Wildman–Crippen LogP) is 2.50. The standard InChI is InChI=1S/C27H32N4O4/c1-19(2)24(32)28-22(17-35-21-12-8-5-9-13-21)25(33)31-15-14-23-27(18-31,26(34)30(3)29-23)16-20-10-6-4-7-11-20/h4-13,19,22H,14-18H2,1-3H3,(H,28,32)/t22-,27-/m1/s1. The lowest BCUT2D eigenvalue weighted by molar-refractivity contribution is -0.143. The van der Waals surface area contributed by atoms with Gasteiger partial charge < -0.3 is 15.0 Å². The smallest absolute Gasteiger partial charge is 0.256 e. The molecule has 8 heteroatoms. The molecule has 4 rings (SSSR count). The zero-order valence-corrected chi connectivity index (χ0v) is 20.4. The number of piperidine rings is 1. The van der Waals surface area contributed by atoms with E-state index in [4.69, 9.17) is 4.74 Å². The van der Waals surface area contributed by atoms with Crippen molar-refractivity contribution in [2.75, 3.05) is 26.7 Å². The molecule has 2 atom stereocenters. The van der Waals surface area contributed by atoms with Gasteiger partial charge in [-0.15, -0.1) is 0 Å². The average molecular weight is 477 g/mol. The molecule has 2 heterocycles. The van der Waals surface area contributed by atoms with E-state index in [0.29, 0.717) is 25.1 Å². The van der Waals surface area contributed by atoms with Crippen LogP contribution >= 0.6 is 0 Å². The zero-order chi connectivity index (χ0) is 25.0. The second-order valence-corrected chi connectivity index (χ2v) is 9.47. The third-order valence-corrected chi connectivity index (χ3v) is 6.56. The normalized spacial score (nSPS) is 20.3. The van der Waals surface area contributed by atoms with Crippen LogP contribution in [0.1, 0.15) is 25.8 Å². The summed E-state index contributed by atoms with van der Waals surface area (Å²) in [6.45, 7) is 4.19. The minimum Gasteiger partial charge on any atom is -0.491 e. The van der Waals surface area contributed by atoms with Gasteiger partial charge in [-0.1, -0.05) is 62.4 Å². The van der Waals surface area contributed by atoms with Crippen molar-refractivity contribution in [3.63, 3.8) is 0 Å². The molecule has 3 amide bonds. The number of para-hydroxylation sites is 1. The van der Waals surface area contributed by atoms with E-state index in [9.17, 15) is 14.4 Å². The number of carbonyl (C=O) groups is 3. The molecule has 0 aliphatic carbocycles. The fourth-order valence-corrected chi connectivity index (χ4v) is 4.64. The van der Waals surface area contributed by atoms with Crippen LogP contribution < -0.4 is 10.1 Å². The van der Waals surface area contributed by atoms with Crippen LogP contribution in [0.3, 0.4) is 0 Å². The first-order valence-electron chi connectivity index (χ1n) is 12.0. The topological polar surface area (TPSA) is 91.3 Å². The molecule has 2 aromatic carbocycles. The van der Waals surface area contributed by atoms with Gasteiger partial charge in [0.2, 0.25) is 11.8 Å². The van der Waals surface area contributed by atoms with Gasteiger partial charge in [-0.3, -0.25) is 14.4 Å². The van der Waals surface area contributed by atoms with Crippen LogP contribution in [0, 0.1) is 11.3 Å². The second kappa shape index (κ2) is 10.3. The van der Waals surface area contributed by atoms with Crippen LogP contribution in [0.25, 0.3) is 0 Å². The SMILES string of the molecule is CC(C)C(=O)N[C@H](COc1ccccc1)C(=O)N1CCC2=NN(C)C(=O)[C@]2(Cc2ccccc2)C1. The quantitative estimate of drug-likeness (QED) is 0.634. The Hall–Kier alpha value is -3.68. The Kier molecular flexibility index (Phi) is 7.19. The molecule has 0 bridgehead atoms. The number of hydrogen-bond donors (Lipinski definition) is 1. The molecule has 1 saturated heterocycles. The molecule has 0 spiro atoms. The van der Waals surface area contributed by atoms with E-state index < -0.39 is 11.5 Å². The van der Waals surface area contributed by atoms with E-state index in [1.165, 1.54) is 5.01 Å². The molecule has 0 radical (unpaired) electrons. The van der Waals surface area contributed by atoms with E-state index in [2.05, 4.69) is 10.4 Å².